The third-order valence-electron chi connectivity index (χ3n) is 4.44. The number of anilines is 1. The summed E-state index contributed by atoms with van der Waals surface area (Å²) < 4.78 is 13.0. The molecule has 1 amide bonds. The summed E-state index contributed by atoms with van der Waals surface area (Å²) in [6.45, 7) is 3.90. The first kappa shape index (κ1) is 17.0. The van der Waals surface area contributed by atoms with Crippen LogP contribution < -0.4 is 10.6 Å². The lowest BCUT2D eigenvalue weighted by Crippen LogP contribution is -2.09. The lowest BCUT2D eigenvalue weighted by Gasteiger charge is -2.15. The number of benzene rings is 2. The number of rotatable bonds is 4. The van der Waals surface area contributed by atoms with Crippen LogP contribution in [0.2, 0.25) is 5.02 Å². The monoisotopic (exact) mass is 359 g/mol. The van der Waals surface area contributed by atoms with E-state index in [1.807, 2.05) is 56.3 Å². The fourth-order valence-corrected chi connectivity index (χ4v) is 5.01. The van der Waals surface area contributed by atoms with Crippen LogP contribution in [0.3, 0.4) is 0 Å². The van der Waals surface area contributed by atoms with Gasteiger partial charge in [-0.25, -0.2) is 0 Å². The van der Waals surface area contributed by atoms with Gasteiger partial charge in [0, 0.05) is 39.5 Å². The number of hydrogen-bond acceptors (Lipinski definition) is 2. The molecule has 3 nitrogen and oxygen atoms in total. The van der Waals surface area contributed by atoms with E-state index in [9.17, 15) is 9.36 Å². The lowest BCUT2D eigenvalue weighted by molar-refractivity contribution is -0.110. The van der Waals surface area contributed by atoms with E-state index in [1.54, 1.807) is 6.07 Å². The summed E-state index contributed by atoms with van der Waals surface area (Å²) >= 11 is 6.02. The molecule has 1 N–H and O–H groups in total. The molecule has 3 rings (SSSR count). The predicted octanol–water partition coefficient (Wildman–Crippen LogP) is 4.86. The van der Waals surface area contributed by atoms with Crippen molar-refractivity contribution in [3.8, 4) is 0 Å². The first-order valence-electron chi connectivity index (χ1n) is 7.98. The van der Waals surface area contributed by atoms with Gasteiger partial charge >= 0.3 is 0 Å². The molecule has 1 aliphatic heterocycles. The molecule has 0 saturated heterocycles. The third kappa shape index (κ3) is 3.07. The fourth-order valence-electron chi connectivity index (χ4n) is 2.92. The van der Waals surface area contributed by atoms with E-state index in [2.05, 4.69) is 5.32 Å². The molecule has 2 aromatic rings. The van der Waals surface area contributed by atoms with Gasteiger partial charge in [0.25, 0.3) is 5.91 Å². The lowest BCUT2D eigenvalue weighted by atomic mass is 10.0. The summed E-state index contributed by atoms with van der Waals surface area (Å²) in [7, 11) is -2.39. The highest BCUT2D eigenvalue weighted by molar-refractivity contribution is 7.71. The quantitative estimate of drug-likeness (QED) is 0.626. The molecule has 0 radical (unpaired) electrons. The maximum atomic E-state index is 13.0. The van der Waals surface area contributed by atoms with E-state index in [-0.39, 0.29) is 5.91 Å². The Hall–Kier alpha value is -1.83. The Morgan fingerprint density at radius 2 is 1.88 bits per heavy atom. The van der Waals surface area contributed by atoms with Crippen molar-refractivity contribution in [2.45, 2.75) is 13.8 Å². The van der Waals surface area contributed by atoms with Crippen LogP contribution in [-0.2, 0) is 9.36 Å². The molecule has 2 aromatic carbocycles. The zero-order valence-electron chi connectivity index (χ0n) is 13.7. The highest BCUT2D eigenvalue weighted by Gasteiger charge is 2.27. The summed E-state index contributed by atoms with van der Waals surface area (Å²) in [6.07, 6.45) is 3.06. The Balaban J connectivity index is 2.10. The molecule has 0 spiro atoms. The van der Waals surface area contributed by atoms with Crippen LogP contribution in [0.1, 0.15) is 25.0 Å². The van der Waals surface area contributed by atoms with Gasteiger partial charge in [-0.1, -0.05) is 37.6 Å². The van der Waals surface area contributed by atoms with Crippen molar-refractivity contribution in [2.75, 3.05) is 17.6 Å². The normalized spacial score (nSPS) is 15.5. The van der Waals surface area contributed by atoms with Crippen molar-refractivity contribution in [3.63, 3.8) is 0 Å². The van der Waals surface area contributed by atoms with E-state index in [4.69, 9.17) is 11.6 Å². The molecular weight excluding hydrogens is 341 g/mol. The maximum Gasteiger partial charge on any atom is 0.256 e. The van der Waals surface area contributed by atoms with Crippen LogP contribution in [0.4, 0.5) is 5.69 Å². The number of hydrogen-bond donors (Lipinski definition) is 1. The maximum absolute atomic E-state index is 13.0. The van der Waals surface area contributed by atoms with Crippen molar-refractivity contribution in [2.24, 2.45) is 0 Å². The average Bonchev–Trinajstić information content (AvgIpc) is 2.89. The number of carbonyl (C=O) groups is 1. The van der Waals surface area contributed by atoms with Crippen molar-refractivity contribution in [1.29, 1.82) is 0 Å². The number of nitrogens with one attached hydrogen (secondary N) is 1. The van der Waals surface area contributed by atoms with Crippen LogP contribution in [0, 0.1) is 0 Å². The third-order valence-corrected chi connectivity index (χ3v) is 7.94. The number of amides is 1. The van der Waals surface area contributed by atoms with Gasteiger partial charge in [-0.05, 0) is 42.0 Å². The van der Waals surface area contributed by atoms with Gasteiger partial charge in [0.05, 0.1) is 0 Å². The van der Waals surface area contributed by atoms with Crippen molar-refractivity contribution in [1.82, 2.24) is 0 Å². The van der Waals surface area contributed by atoms with E-state index >= 15 is 0 Å². The van der Waals surface area contributed by atoms with Gasteiger partial charge in [-0.3, -0.25) is 4.79 Å². The van der Waals surface area contributed by atoms with Gasteiger partial charge in [0.15, 0.2) is 0 Å². The molecule has 1 heterocycles. The van der Waals surface area contributed by atoms with Crippen LogP contribution in [-0.4, -0.2) is 18.2 Å². The Kier molecular flexibility index (Phi) is 4.67. The van der Waals surface area contributed by atoms with Crippen LogP contribution in [0.5, 0.6) is 0 Å². The van der Waals surface area contributed by atoms with Crippen molar-refractivity contribution < 1.29 is 9.36 Å². The fraction of sp³-hybridized carbons (Fsp3) is 0.211. The highest BCUT2D eigenvalue weighted by Crippen LogP contribution is 2.45. The smallest absolute Gasteiger partial charge is 0.256 e. The molecular formula is C19H19ClNO2P. The van der Waals surface area contributed by atoms with E-state index < -0.39 is 7.14 Å². The second kappa shape index (κ2) is 6.58. The molecule has 0 saturated carbocycles. The molecule has 24 heavy (non-hydrogen) atoms. The molecule has 0 atom stereocenters. The summed E-state index contributed by atoms with van der Waals surface area (Å²) in [5, 5.41) is 4.32. The largest absolute Gasteiger partial charge is 0.321 e. The van der Waals surface area contributed by atoms with Crippen LogP contribution >= 0.6 is 18.7 Å². The zero-order valence-corrected chi connectivity index (χ0v) is 15.3. The topological polar surface area (TPSA) is 46.2 Å². The van der Waals surface area contributed by atoms with E-state index in [0.717, 1.165) is 22.1 Å². The van der Waals surface area contributed by atoms with Crippen molar-refractivity contribution in [3.05, 3.63) is 58.6 Å². The zero-order chi connectivity index (χ0) is 17.3. The minimum Gasteiger partial charge on any atom is -0.321 e. The van der Waals surface area contributed by atoms with Gasteiger partial charge in [0.1, 0.15) is 7.14 Å². The molecule has 1 aliphatic rings. The van der Waals surface area contributed by atoms with Gasteiger partial charge < -0.3 is 9.88 Å². The Labute approximate surface area is 147 Å². The van der Waals surface area contributed by atoms with Gasteiger partial charge in [0.2, 0.25) is 0 Å². The summed E-state index contributed by atoms with van der Waals surface area (Å²) in [4.78, 5) is 12.3. The first-order chi connectivity index (χ1) is 11.5. The Bertz CT molecular complexity index is 881. The molecule has 0 aliphatic carbocycles. The molecule has 0 bridgehead atoms. The van der Waals surface area contributed by atoms with Gasteiger partial charge in [-0.2, -0.15) is 0 Å². The average molecular weight is 360 g/mol. The Morgan fingerprint density at radius 1 is 1.12 bits per heavy atom. The second-order valence-electron chi connectivity index (χ2n) is 5.82. The number of carbonyl (C=O) groups excluding carboxylic acids is 1. The number of halogens is 1. The molecule has 124 valence electrons. The molecule has 0 unspecified atom stereocenters. The SMILES string of the molecule is CCP(=O)(CC)c1ccc2c(c1)/C(=C/c1cccc(Cl)c1)C(=O)N2. The minimum absolute atomic E-state index is 0.148. The number of fused-ring (bicyclic) bond motifs is 1. The highest BCUT2D eigenvalue weighted by atomic mass is 35.5. The van der Waals surface area contributed by atoms with Crippen LogP contribution in [0.15, 0.2) is 42.5 Å². The predicted molar refractivity (Wildman–Crippen MR) is 103 cm³/mol. The summed E-state index contributed by atoms with van der Waals surface area (Å²) in [6, 6.07) is 13.0. The molecule has 5 heteroatoms. The second-order valence-corrected chi connectivity index (χ2v) is 9.82. The standard InChI is InChI=1S/C19H19ClNO2P/c1-3-24(23,4-2)15-8-9-18-16(12-15)17(19(22)21-18)11-13-6-5-7-14(20)10-13/h5-12H,3-4H2,1-2H3,(H,21,22)/b17-11-. The van der Waals surface area contributed by atoms with Gasteiger partial charge in [-0.15, -0.1) is 0 Å². The summed E-state index contributed by atoms with van der Waals surface area (Å²) in [5.41, 5.74) is 3.00. The first-order valence-corrected chi connectivity index (χ1v) is 10.4. The van der Waals surface area contributed by atoms with E-state index in [1.165, 1.54) is 0 Å². The molecule has 0 aromatic heterocycles. The Morgan fingerprint density at radius 3 is 2.54 bits per heavy atom. The van der Waals surface area contributed by atoms with Crippen LogP contribution in [0.25, 0.3) is 11.6 Å². The summed E-state index contributed by atoms with van der Waals surface area (Å²) in [5.74, 6) is -0.148. The van der Waals surface area contributed by atoms with Crippen molar-refractivity contribution >= 4 is 47.3 Å². The minimum atomic E-state index is -2.39. The van der Waals surface area contributed by atoms with E-state index in [0.29, 0.717) is 22.9 Å². The molecule has 0 fully saturated rings.